The largest absolute Gasteiger partial charge is 0.506 e. The molecule has 0 unspecified atom stereocenters. The van der Waals surface area contributed by atoms with Crippen molar-refractivity contribution in [2.45, 2.75) is 27.7 Å². The van der Waals surface area contributed by atoms with Gasteiger partial charge in [0.1, 0.15) is 9.32 Å². The number of carboxylic acids is 1. The van der Waals surface area contributed by atoms with Gasteiger partial charge in [-0.2, -0.15) is 0 Å². The van der Waals surface area contributed by atoms with Crippen LogP contribution in [0, 0.1) is 14.3 Å². The molecule has 2 aromatic carbocycles. The molecule has 1 aliphatic heterocycles. The fourth-order valence-electron chi connectivity index (χ4n) is 3.33. The highest BCUT2D eigenvalue weighted by Gasteiger charge is 2.32. The molecule has 0 spiro atoms. The number of aromatic hydroxyl groups is 1. The minimum Gasteiger partial charge on any atom is -0.506 e. The summed E-state index contributed by atoms with van der Waals surface area (Å²) >= 11 is 33.1. The highest BCUT2D eigenvalue weighted by molar-refractivity contribution is 14.1. The van der Waals surface area contributed by atoms with Crippen LogP contribution >= 0.6 is 137 Å². The average molecular weight is 1030 g/mol. The first-order valence-electron chi connectivity index (χ1n) is 10.4. The van der Waals surface area contributed by atoms with Crippen LogP contribution < -0.4 is 5.43 Å². The van der Waals surface area contributed by atoms with Crippen LogP contribution in [0.3, 0.4) is 0 Å². The number of halogens is 8. The Morgan fingerprint density at radius 3 is 1.89 bits per heavy atom. The highest BCUT2D eigenvalue weighted by Crippen LogP contribution is 2.52. The molecule has 1 heterocycles. The molecular weight excluding hydrogens is 1020 g/mol. The molecule has 0 amide bonds. The van der Waals surface area contributed by atoms with Gasteiger partial charge in [-0.1, -0.05) is 74.1 Å². The van der Waals surface area contributed by atoms with Crippen molar-refractivity contribution in [3.63, 3.8) is 0 Å². The first kappa shape index (κ1) is 33.7. The van der Waals surface area contributed by atoms with Crippen LogP contribution in [0.2, 0.25) is 20.1 Å². The summed E-state index contributed by atoms with van der Waals surface area (Å²) < 4.78 is 7.64. The Bertz CT molecular complexity index is 1570. The second-order valence-corrected chi connectivity index (χ2v) is 12.6. The van der Waals surface area contributed by atoms with E-state index in [1.807, 2.05) is 118 Å². The van der Waals surface area contributed by atoms with E-state index >= 15 is 0 Å². The summed E-state index contributed by atoms with van der Waals surface area (Å²) in [5.74, 6) is -1.18. The van der Waals surface area contributed by atoms with E-state index in [9.17, 15) is 19.8 Å². The Morgan fingerprint density at radius 1 is 0.811 bits per heavy atom. The van der Waals surface area contributed by atoms with E-state index in [4.69, 9.17) is 50.8 Å². The molecule has 2 N–H and O–H groups in total. The van der Waals surface area contributed by atoms with Crippen molar-refractivity contribution in [3.8, 4) is 28.2 Å². The first-order valence-corrected chi connectivity index (χ1v) is 16.3. The Morgan fingerprint density at radius 2 is 1.35 bits per heavy atom. The lowest BCUT2D eigenvalue weighted by molar-refractivity contribution is 0.0698. The fraction of sp³-hybridized carbons (Fsp3) is 0.167. The summed E-state index contributed by atoms with van der Waals surface area (Å²) in [5.41, 5.74) is 0.423. The van der Waals surface area contributed by atoms with Crippen molar-refractivity contribution >= 4 is 154 Å². The van der Waals surface area contributed by atoms with Crippen LogP contribution in [-0.4, -0.2) is 16.2 Å². The molecule has 2 aromatic rings. The molecule has 198 valence electrons. The van der Waals surface area contributed by atoms with Crippen LogP contribution in [0.4, 0.5) is 0 Å². The third-order valence-electron chi connectivity index (χ3n) is 4.75. The lowest BCUT2D eigenvalue weighted by Crippen LogP contribution is -2.13. The molecule has 0 saturated heterocycles. The predicted molar refractivity (Wildman–Crippen MR) is 187 cm³/mol. The van der Waals surface area contributed by atoms with E-state index in [1.165, 1.54) is 0 Å². The maximum atomic E-state index is 12.7. The fourth-order valence-corrected chi connectivity index (χ4v) is 7.93. The number of rotatable bonds is 2. The normalized spacial score (nSPS) is 10.6. The van der Waals surface area contributed by atoms with Gasteiger partial charge in [0, 0.05) is 22.1 Å². The zero-order valence-electron chi connectivity index (χ0n) is 19.3. The monoisotopic (exact) mass is 1030 g/mol. The first-order chi connectivity index (χ1) is 17.4. The topological polar surface area (TPSA) is 87.7 Å². The molecule has 37 heavy (non-hydrogen) atoms. The number of carboxylic acid groups (broad SMARTS) is 1. The van der Waals surface area contributed by atoms with Crippen LogP contribution in [-0.2, 0) is 0 Å². The van der Waals surface area contributed by atoms with Crippen molar-refractivity contribution in [3.05, 3.63) is 62.3 Å². The number of hydrogen-bond acceptors (Lipinski definition) is 4. The second-order valence-electron chi connectivity index (χ2n) is 6.56. The van der Waals surface area contributed by atoms with Gasteiger partial charge >= 0.3 is 5.97 Å². The van der Waals surface area contributed by atoms with Gasteiger partial charge in [-0.25, -0.2) is 4.79 Å². The number of carbonyl (C=O) groups is 1. The highest BCUT2D eigenvalue weighted by atomic mass is 127. The molecule has 5 nitrogen and oxygen atoms in total. The van der Waals surface area contributed by atoms with Gasteiger partial charge in [0.2, 0.25) is 5.43 Å². The third-order valence-corrected chi connectivity index (χ3v) is 10.2. The predicted octanol–water partition coefficient (Wildman–Crippen LogP) is 11.1. The van der Waals surface area contributed by atoms with Crippen LogP contribution in [0.25, 0.3) is 33.4 Å². The Hall–Kier alpha value is 0.480. The third kappa shape index (κ3) is 6.08. The Kier molecular flexibility index (Phi) is 12.7. The van der Waals surface area contributed by atoms with Crippen LogP contribution in [0.1, 0.15) is 38.1 Å². The van der Waals surface area contributed by atoms with Crippen molar-refractivity contribution < 1.29 is 19.4 Å². The number of phenolic OH excluding ortho intramolecular Hbond substituents is 1. The number of hydrogen-bond donors (Lipinski definition) is 2. The lowest BCUT2D eigenvalue weighted by Gasteiger charge is -2.21. The molecule has 0 atom stereocenters. The summed E-state index contributed by atoms with van der Waals surface area (Å²) in [6, 6.07) is 3.22. The number of phenols is 1. The van der Waals surface area contributed by atoms with Crippen molar-refractivity contribution in [2.24, 2.45) is 0 Å². The Balaban J connectivity index is 0.00000115. The average Bonchev–Trinajstić information content (AvgIpc) is 2.88. The lowest BCUT2D eigenvalue weighted by atomic mass is 9.90. The molecule has 0 radical (unpaired) electrons. The van der Waals surface area contributed by atoms with Crippen LogP contribution in [0.15, 0.2) is 21.3 Å². The van der Waals surface area contributed by atoms with Crippen molar-refractivity contribution in [1.82, 2.24) is 0 Å². The quantitative estimate of drug-likeness (QED) is 0.0904. The van der Waals surface area contributed by atoms with Crippen LogP contribution in [0.5, 0.6) is 5.75 Å². The summed E-state index contributed by atoms with van der Waals surface area (Å²) in [6.45, 7) is 8.00. The zero-order valence-corrected chi connectivity index (χ0v) is 31.0. The molecule has 0 fully saturated rings. The summed E-state index contributed by atoms with van der Waals surface area (Å²) in [5, 5.41) is 20.3. The van der Waals surface area contributed by atoms with Gasteiger partial charge < -0.3 is 14.6 Å². The van der Waals surface area contributed by atoms with Crippen molar-refractivity contribution in [2.75, 3.05) is 0 Å². The summed E-state index contributed by atoms with van der Waals surface area (Å²) in [7, 11) is 0. The van der Waals surface area contributed by atoms with E-state index in [0.717, 1.165) is 0 Å². The number of benzene rings is 3. The number of aromatic carboxylic acids is 1. The maximum absolute atomic E-state index is 12.7. The van der Waals surface area contributed by atoms with Gasteiger partial charge in [-0.05, 0) is 102 Å². The second kappa shape index (κ2) is 13.9. The molecule has 0 saturated carbocycles. The Labute approximate surface area is 287 Å². The van der Waals surface area contributed by atoms with Gasteiger partial charge in [0.25, 0.3) is 0 Å². The molecule has 0 aromatic heterocycles. The molecule has 0 bridgehead atoms. The van der Waals surface area contributed by atoms with E-state index in [0.29, 0.717) is 27.2 Å². The smallest absolute Gasteiger partial charge is 0.337 e. The SMILES string of the molecule is CC.CC.O=C(O)c1c(Cl)c(Cl)c(Cl)c(Cl)c1-c1c2cc(I)c(=O)c(I)c-2oc2c(I)c(O)c(I)cc12. The van der Waals surface area contributed by atoms with E-state index in [-0.39, 0.29) is 57.3 Å². The summed E-state index contributed by atoms with van der Waals surface area (Å²) in [4.78, 5) is 25.0. The standard InChI is InChI=1S/C20H4Cl4I4O5.2C2H6/c21-10-8(9(20(31)32)11(22)13(24)12(10)23)7-3-1-5(25)16(29)14(27)18(3)33-19-4(7)2-6(26)17(30)15(19)28;2*1-2/h1-2,29H,(H,31,32);2*1-2H3. The maximum Gasteiger partial charge on any atom is 0.337 e. The van der Waals surface area contributed by atoms with Gasteiger partial charge in [-0.15, -0.1) is 0 Å². The molecule has 4 rings (SSSR count). The molecule has 1 aliphatic carbocycles. The van der Waals surface area contributed by atoms with E-state index < -0.39 is 5.97 Å². The minimum absolute atomic E-state index is 0.0163. The molecular formula is C24H16Cl4I4O5. The van der Waals surface area contributed by atoms with Gasteiger partial charge in [0.05, 0.1) is 36.4 Å². The van der Waals surface area contributed by atoms with Gasteiger partial charge in [-0.3, -0.25) is 4.79 Å². The van der Waals surface area contributed by atoms with Gasteiger partial charge in [0.15, 0.2) is 11.3 Å². The van der Waals surface area contributed by atoms with Crippen molar-refractivity contribution in [1.29, 1.82) is 0 Å². The zero-order chi connectivity index (χ0) is 28.5. The van der Waals surface area contributed by atoms with E-state index in [2.05, 4.69) is 0 Å². The summed E-state index contributed by atoms with van der Waals surface area (Å²) in [6.07, 6.45) is 0. The number of fused-ring (bicyclic) bond motifs is 2. The molecule has 2 aliphatic rings. The molecule has 13 heteroatoms. The van der Waals surface area contributed by atoms with E-state index in [1.54, 1.807) is 12.1 Å². The minimum atomic E-state index is -1.37.